The molecule has 110 valence electrons. The van der Waals surface area contributed by atoms with E-state index in [1.165, 1.54) is 0 Å². The van der Waals surface area contributed by atoms with E-state index in [1.54, 1.807) is 32.0 Å². The van der Waals surface area contributed by atoms with Crippen molar-refractivity contribution in [2.75, 3.05) is 26.2 Å². The molecule has 0 spiro atoms. The zero-order valence-electron chi connectivity index (χ0n) is 11.5. The minimum atomic E-state index is -3.38. The average molecular weight is 300 g/mol. The number of carbonyl (C=O) groups excluding carboxylic acids is 1. The zero-order valence-corrected chi connectivity index (χ0v) is 12.4. The number of carbonyl (C=O) groups is 1. The lowest BCUT2D eigenvalue weighted by Gasteiger charge is -2.16. The summed E-state index contributed by atoms with van der Waals surface area (Å²) < 4.78 is 32.9. The Hall–Kier alpha value is -1.36. The minimum absolute atomic E-state index is 0.142. The molecule has 0 aliphatic carbocycles. The zero-order chi connectivity index (χ0) is 14.6. The quantitative estimate of drug-likeness (QED) is 0.569. The van der Waals surface area contributed by atoms with Gasteiger partial charge in [0.1, 0.15) is 6.16 Å². The van der Waals surface area contributed by atoms with E-state index in [4.69, 9.17) is 18.5 Å². The van der Waals surface area contributed by atoms with E-state index in [0.29, 0.717) is 17.1 Å². The summed E-state index contributed by atoms with van der Waals surface area (Å²) in [5, 5.41) is 0. The summed E-state index contributed by atoms with van der Waals surface area (Å²) in [6.07, 6.45) is -0.283. The van der Waals surface area contributed by atoms with E-state index in [-0.39, 0.29) is 32.0 Å². The Morgan fingerprint density at radius 3 is 2.50 bits per heavy atom. The van der Waals surface area contributed by atoms with E-state index >= 15 is 0 Å². The van der Waals surface area contributed by atoms with Crippen LogP contribution in [0.15, 0.2) is 18.2 Å². The first-order chi connectivity index (χ1) is 9.58. The monoisotopic (exact) mass is 300 g/mol. The van der Waals surface area contributed by atoms with Crippen LogP contribution in [0.3, 0.4) is 0 Å². The Morgan fingerprint density at radius 1 is 1.20 bits per heavy atom. The first-order valence-electron chi connectivity index (χ1n) is 6.39. The fourth-order valence-electron chi connectivity index (χ4n) is 1.86. The van der Waals surface area contributed by atoms with Gasteiger partial charge in [-0.1, -0.05) is 0 Å². The fraction of sp³-hybridized carbons (Fsp3) is 0.462. The lowest BCUT2D eigenvalue weighted by Crippen LogP contribution is -2.10. The molecule has 0 N–H and O–H groups in total. The van der Waals surface area contributed by atoms with Crippen LogP contribution < -0.4 is 9.47 Å². The first-order valence-corrected chi connectivity index (χ1v) is 8.11. The van der Waals surface area contributed by atoms with Gasteiger partial charge in [0.15, 0.2) is 17.3 Å². The third-order valence-corrected chi connectivity index (χ3v) is 4.66. The number of rotatable bonds is 7. The SMILES string of the molecule is CCOP(=O)(CC(=O)c1ccc2c(c1)OCO2)OCC. The highest BCUT2D eigenvalue weighted by atomic mass is 31.2. The van der Waals surface area contributed by atoms with Crippen LogP contribution in [0.25, 0.3) is 0 Å². The van der Waals surface area contributed by atoms with Gasteiger partial charge in [0.2, 0.25) is 6.79 Å². The predicted octanol–water partition coefficient (Wildman–Crippen LogP) is 2.86. The Balaban J connectivity index is 2.12. The van der Waals surface area contributed by atoms with Gasteiger partial charge in [0.05, 0.1) is 13.2 Å². The van der Waals surface area contributed by atoms with E-state index < -0.39 is 7.60 Å². The van der Waals surface area contributed by atoms with Crippen LogP contribution in [0.1, 0.15) is 24.2 Å². The van der Waals surface area contributed by atoms with Crippen LogP contribution in [0.4, 0.5) is 0 Å². The largest absolute Gasteiger partial charge is 0.454 e. The van der Waals surface area contributed by atoms with Crippen LogP contribution in [-0.4, -0.2) is 32.0 Å². The van der Waals surface area contributed by atoms with E-state index in [0.717, 1.165) is 0 Å². The highest BCUT2D eigenvalue weighted by Gasteiger charge is 2.28. The summed E-state index contributed by atoms with van der Waals surface area (Å²) in [6.45, 7) is 4.01. The Bertz CT molecular complexity index is 532. The van der Waals surface area contributed by atoms with Crippen molar-refractivity contribution in [1.82, 2.24) is 0 Å². The van der Waals surface area contributed by atoms with Crippen molar-refractivity contribution in [2.24, 2.45) is 0 Å². The van der Waals surface area contributed by atoms with Gasteiger partial charge in [-0.2, -0.15) is 0 Å². The van der Waals surface area contributed by atoms with Crippen molar-refractivity contribution in [2.45, 2.75) is 13.8 Å². The second-order valence-electron chi connectivity index (χ2n) is 4.10. The molecule has 0 aromatic heterocycles. The molecule has 1 aromatic carbocycles. The number of benzene rings is 1. The summed E-state index contributed by atoms with van der Waals surface area (Å²) >= 11 is 0. The number of Topliss-reactive ketones (excluding diaryl/α,β-unsaturated/α-hetero) is 1. The van der Waals surface area contributed by atoms with Gasteiger partial charge in [0.25, 0.3) is 0 Å². The van der Waals surface area contributed by atoms with E-state index in [1.807, 2.05) is 0 Å². The molecule has 1 aromatic rings. The number of hydrogen-bond acceptors (Lipinski definition) is 6. The molecular weight excluding hydrogens is 283 g/mol. The molecule has 1 heterocycles. The van der Waals surface area contributed by atoms with E-state index in [9.17, 15) is 9.36 Å². The standard InChI is InChI=1S/C13H17O6P/c1-3-18-20(15,19-4-2)8-11(14)10-5-6-12-13(7-10)17-9-16-12/h5-7H,3-4,8-9H2,1-2H3. The number of fused-ring (bicyclic) bond motifs is 1. The molecule has 0 radical (unpaired) electrons. The maximum atomic E-state index is 12.3. The van der Waals surface area contributed by atoms with Crippen LogP contribution in [0.5, 0.6) is 11.5 Å². The number of hydrogen-bond donors (Lipinski definition) is 0. The second-order valence-corrected chi connectivity index (χ2v) is 6.15. The van der Waals surface area contributed by atoms with Gasteiger partial charge in [-0.25, -0.2) is 0 Å². The van der Waals surface area contributed by atoms with Gasteiger partial charge in [0, 0.05) is 5.56 Å². The molecule has 0 fully saturated rings. The fourth-order valence-corrected chi connectivity index (χ4v) is 3.44. The summed E-state index contributed by atoms with van der Waals surface area (Å²) in [5.74, 6) is 0.798. The predicted molar refractivity (Wildman–Crippen MR) is 72.6 cm³/mol. The molecule has 0 saturated carbocycles. The molecule has 0 amide bonds. The van der Waals surface area contributed by atoms with Gasteiger partial charge in [-0.05, 0) is 32.0 Å². The van der Waals surface area contributed by atoms with Gasteiger partial charge >= 0.3 is 7.60 Å². The number of ether oxygens (including phenoxy) is 2. The highest BCUT2D eigenvalue weighted by molar-refractivity contribution is 7.54. The van der Waals surface area contributed by atoms with Crippen LogP contribution in [0.2, 0.25) is 0 Å². The van der Waals surface area contributed by atoms with Crippen LogP contribution >= 0.6 is 7.60 Å². The Kier molecular flexibility index (Phi) is 4.81. The smallest absolute Gasteiger partial charge is 0.338 e. The molecule has 1 aliphatic heterocycles. The van der Waals surface area contributed by atoms with Crippen LogP contribution in [0, 0.1) is 0 Å². The van der Waals surface area contributed by atoms with Gasteiger partial charge in [-0.3, -0.25) is 9.36 Å². The second kappa shape index (κ2) is 6.39. The topological polar surface area (TPSA) is 71.1 Å². The maximum Gasteiger partial charge on any atom is 0.338 e. The van der Waals surface area contributed by atoms with Crippen LogP contribution in [-0.2, 0) is 13.6 Å². The molecule has 7 heteroatoms. The molecule has 0 bridgehead atoms. The summed E-state index contributed by atoms with van der Waals surface area (Å²) in [6, 6.07) is 4.84. The summed E-state index contributed by atoms with van der Waals surface area (Å²) in [4.78, 5) is 12.2. The third kappa shape index (κ3) is 3.39. The molecule has 2 rings (SSSR count). The molecule has 20 heavy (non-hydrogen) atoms. The normalized spacial score (nSPS) is 13.5. The van der Waals surface area contributed by atoms with Gasteiger partial charge in [-0.15, -0.1) is 0 Å². The lowest BCUT2D eigenvalue weighted by atomic mass is 10.1. The van der Waals surface area contributed by atoms with Crippen molar-refractivity contribution in [3.8, 4) is 11.5 Å². The Labute approximate surface area is 117 Å². The molecule has 1 aliphatic rings. The van der Waals surface area contributed by atoms with Gasteiger partial charge < -0.3 is 18.5 Å². The van der Waals surface area contributed by atoms with Crippen molar-refractivity contribution in [3.63, 3.8) is 0 Å². The minimum Gasteiger partial charge on any atom is -0.454 e. The lowest BCUT2D eigenvalue weighted by molar-refractivity contribution is 0.100. The van der Waals surface area contributed by atoms with Crippen molar-refractivity contribution in [1.29, 1.82) is 0 Å². The maximum absolute atomic E-state index is 12.3. The molecule has 6 nitrogen and oxygen atoms in total. The first kappa shape index (κ1) is 15.0. The Morgan fingerprint density at radius 2 is 1.85 bits per heavy atom. The molecular formula is C13H17O6P. The van der Waals surface area contributed by atoms with Crippen molar-refractivity contribution >= 4 is 13.4 Å². The summed E-state index contributed by atoms with van der Waals surface area (Å²) in [7, 11) is -3.38. The van der Waals surface area contributed by atoms with Crippen molar-refractivity contribution < 1.29 is 27.9 Å². The molecule has 0 saturated heterocycles. The van der Waals surface area contributed by atoms with Crippen molar-refractivity contribution in [3.05, 3.63) is 23.8 Å². The average Bonchev–Trinajstić information content (AvgIpc) is 2.85. The number of ketones is 1. The summed E-state index contributed by atoms with van der Waals surface area (Å²) in [5.41, 5.74) is 0.397. The molecule has 0 atom stereocenters. The van der Waals surface area contributed by atoms with E-state index in [2.05, 4.69) is 0 Å². The third-order valence-electron chi connectivity index (χ3n) is 2.68. The highest BCUT2D eigenvalue weighted by Crippen LogP contribution is 2.48. The molecule has 0 unspecified atom stereocenters.